The molecule has 0 atom stereocenters. The van der Waals surface area contributed by atoms with Gasteiger partial charge >= 0.3 is 0 Å². The minimum Gasteiger partial charge on any atom is -0.331 e. The lowest BCUT2D eigenvalue weighted by molar-refractivity contribution is -0.384. The number of anilines is 1. The van der Waals surface area contributed by atoms with Crippen molar-refractivity contribution in [3.63, 3.8) is 0 Å². The Morgan fingerprint density at radius 1 is 1.28 bits per heavy atom. The summed E-state index contributed by atoms with van der Waals surface area (Å²) < 4.78 is 1.41. The Bertz CT molecular complexity index is 1110. The average Bonchev–Trinajstić information content (AvgIpc) is 3.07. The highest BCUT2D eigenvalue weighted by molar-refractivity contribution is 7.80. The number of hydrogen-bond donors (Lipinski definition) is 2. The molecule has 3 rings (SSSR count). The number of hydrogen-bond acceptors (Lipinski definition) is 6. The van der Waals surface area contributed by atoms with E-state index in [2.05, 4.69) is 26.2 Å². The third-order valence-corrected chi connectivity index (χ3v) is 4.38. The van der Waals surface area contributed by atoms with E-state index in [1.807, 2.05) is 6.07 Å². The van der Waals surface area contributed by atoms with Crippen LogP contribution in [0.2, 0.25) is 5.02 Å². The molecule has 148 valence electrons. The Hall–Kier alpha value is -3.37. The number of nitro benzene ring substituents is 1. The van der Waals surface area contributed by atoms with Crippen LogP contribution in [-0.4, -0.2) is 30.7 Å². The van der Waals surface area contributed by atoms with Crippen molar-refractivity contribution >= 4 is 46.0 Å². The number of para-hydroxylation sites is 2. The molecule has 0 aliphatic rings. The molecule has 0 aliphatic heterocycles. The molecule has 1 heterocycles. The topological polar surface area (TPSA) is 110 Å². The fourth-order valence-corrected chi connectivity index (χ4v) is 2.96. The molecule has 3 aromatic rings. The van der Waals surface area contributed by atoms with E-state index in [0.717, 1.165) is 5.69 Å². The van der Waals surface area contributed by atoms with Gasteiger partial charge in [-0.2, -0.15) is 5.10 Å². The van der Waals surface area contributed by atoms with E-state index < -0.39 is 4.92 Å². The highest BCUT2D eigenvalue weighted by Crippen LogP contribution is 2.23. The summed E-state index contributed by atoms with van der Waals surface area (Å²) in [4.78, 5) is 10.8. The van der Waals surface area contributed by atoms with Crippen molar-refractivity contribution in [1.82, 2.24) is 20.4 Å². The molecule has 1 aromatic heterocycles. The first-order valence-electron chi connectivity index (χ1n) is 8.40. The van der Waals surface area contributed by atoms with E-state index >= 15 is 0 Å². The maximum absolute atomic E-state index is 11.3. The molecule has 29 heavy (non-hydrogen) atoms. The normalized spacial score (nSPS) is 11.2. The molecule has 2 aromatic carbocycles. The number of thiocarbonyl (C=S) groups is 1. The Balaban J connectivity index is 1.78. The van der Waals surface area contributed by atoms with Crippen molar-refractivity contribution in [2.24, 2.45) is 5.10 Å². The van der Waals surface area contributed by atoms with Gasteiger partial charge in [-0.05, 0) is 50.3 Å². The number of halogens is 1. The van der Waals surface area contributed by atoms with Gasteiger partial charge in [-0.15, -0.1) is 5.10 Å². The van der Waals surface area contributed by atoms with Gasteiger partial charge in [-0.25, -0.2) is 4.68 Å². The number of aromatic nitrogens is 3. The molecule has 2 N–H and O–H groups in total. The van der Waals surface area contributed by atoms with Gasteiger partial charge < -0.3 is 5.32 Å². The Morgan fingerprint density at radius 2 is 2.03 bits per heavy atom. The standard InChI is InChI=1S/C18H16ClN7O2S/c1-11(21-23-18(29)20-14-7-5-6-13(19)10-14)17-12(2)25(24-22-17)15-8-3-4-9-16(15)26(27)28/h3-10H,1-2H3,(H2,20,23,29)/b21-11-. The van der Waals surface area contributed by atoms with Gasteiger partial charge in [0.1, 0.15) is 11.4 Å². The quantitative estimate of drug-likeness (QED) is 0.274. The first-order chi connectivity index (χ1) is 13.9. The van der Waals surface area contributed by atoms with Crippen LogP contribution in [0.25, 0.3) is 5.69 Å². The fraction of sp³-hybridized carbons (Fsp3) is 0.111. The second kappa shape index (κ2) is 8.76. The smallest absolute Gasteiger partial charge is 0.294 e. The van der Waals surface area contributed by atoms with Crippen LogP contribution in [0, 0.1) is 17.0 Å². The van der Waals surface area contributed by atoms with Crippen LogP contribution in [0.1, 0.15) is 18.3 Å². The number of rotatable bonds is 5. The Kier molecular flexibility index (Phi) is 6.15. The van der Waals surface area contributed by atoms with Gasteiger partial charge in [0.05, 0.1) is 16.3 Å². The number of hydrazone groups is 1. The zero-order valence-corrected chi connectivity index (χ0v) is 17.0. The number of nitrogens with zero attached hydrogens (tertiary/aromatic N) is 5. The molecule has 0 saturated carbocycles. The molecule has 0 amide bonds. The maximum Gasteiger partial charge on any atom is 0.294 e. The van der Waals surface area contributed by atoms with Crippen molar-refractivity contribution < 1.29 is 4.92 Å². The van der Waals surface area contributed by atoms with E-state index in [1.54, 1.807) is 50.2 Å². The monoisotopic (exact) mass is 429 g/mol. The summed E-state index contributed by atoms with van der Waals surface area (Å²) in [6.45, 7) is 3.49. The Labute approximate surface area is 176 Å². The molecule has 0 aliphatic carbocycles. The molecule has 0 bridgehead atoms. The van der Waals surface area contributed by atoms with Crippen molar-refractivity contribution in [2.45, 2.75) is 13.8 Å². The molecule has 11 heteroatoms. The van der Waals surface area contributed by atoms with Gasteiger partial charge in [0, 0.05) is 16.8 Å². The minimum absolute atomic E-state index is 0.0633. The lowest BCUT2D eigenvalue weighted by Gasteiger charge is -2.08. The fourth-order valence-electron chi connectivity index (χ4n) is 2.60. The zero-order valence-electron chi connectivity index (χ0n) is 15.5. The molecule has 0 spiro atoms. The summed E-state index contributed by atoms with van der Waals surface area (Å²) >= 11 is 11.2. The first-order valence-corrected chi connectivity index (χ1v) is 9.18. The second-order valence-electron chi connectivity index (χ2n) is 5.95. The number of nitrogens with one attached hydrogen (secondary N) is 2. The summed E-state index contributed by atoms with van der Waals surface area (Å²) in [5.74, 6) is 0. The van der Waals surface area contributed by atoms with E-state index in [0.29, 0.717) is 27.8 Å². The molecule has 0 radical (unpaired) electrons. The van der Waals surface area contributed by atoms with Crippen molar-refractivity contribution in [3.8, 4) is 5.69 Å². The molecule has 0 fully saturated rings. The van der Waals surface area contributed by atoms with Crippen LogP contribution < -0.4 is 10.7 Å². The van der Waals surface area contributed by atoms with Gasteiger partial charge in [-0.3, -0.25) is 15.5 Å². The highest BCUT2D eigenvalue weighted by Gasteiger charge is 2.20. The van der Waals surface area contributed by atoms with Gasteiger partial charge in [0.25, 0.3) is 5.69 Å². The average molecular weight is 430 g/mol. The zero-order chi connectivity index (χ0) is 21.0. The molecule has 9 nitrogen and oxygen atoms in total. The molecule has 0 saturated heterocycles. The van der Waals surface area contributed by atoms with Crippen LogP contribution in [0.3, 0.4) is 0 Å². The summed E-state index contributed by atoms with van der Waals surface area (Å²) in [5, 5.41) is 27.5. The third kappa shape index (κ3) is 4.73. The minimum atomic E-state index is -0.460. The highest BCUT2D eigenvalue weighted by atomic mass is 35.5. The van der Waals surface area contributed by atoms with Crippen LogP contribution in [0.5, 0.6) is 0 Å². The van der Waals surface area contributed by atoms with Gasteiger partial charge in [-0.1, -0.05) is 35.0 Å². The predicted octanol–water partition coefficient (Wildman–Crippen LogP) is 3.85. The van der Waals surface area contributed by atoms with Crippen LogP contribution in [0.4, 0.5) is 11.4 Å². The summed E-state index contributed by atoms with van der Waals surface area (Å²) in [6.07, 6.45) is 0. The SMILES string of the molecule is C/C(=N/NC(=S)Nc1cccc(Cl)c1)c1nnn(-c2ccccc2[N+](=O)[O-])c1C. The van der Waals surface area contributed by atoms with Crippen molar-refractivity contribution in [1.29, 1.82) is 0 Å². The van der Waals surface area contributed by atoms with E-state index in [4.69, 9.17) is 23.8 Å². The van der Waals surface area contributed by atoms with Crippen LogP contribution in [-0.2, 0) is 0 Å². The molecule has 0 unspecified atom stereocenters. The molecular formula is C18H16ClN7O2S. The first kappa shape index (κ1) is 20.4. The van der Waals surface area contributed by atoms with Crippen LogP contribution in [0.15, 0.2) is 53.6 Å². The van der Waals surface area contributed by atoms with Gasteiger partial charge in [0.15, 0.2) is 5.11 Å². The van der Waals surface area contributed by atoms with E-state index in [1.165, 1.54) is 10.7 Å². The summed E-state index contributed by atoms with van der Waals surface area (Å²) in [5.41, 5.74) is 5.33. The predicted molar refractivity (Wildman–Crippen MR) is 116 cm³/mol. The lowest BCUT2D eigenvalue weighted by Crippen LogP contribution is -2.25. The molecular weight excluding hydrogens is 414 g/mol. The van der Waals surface area contributed by atoms with Crippen LogP contribution >= 0.6 is 23.8 Å². The van der Waals surface area contributed by atoms with Crippen molar-refractivity contribution in [3.05, 3.63) is 75.1 Å². The summed E-state index contributed by atoms with van der Waals surface area (Å²) in [6, 6.07) is 13.4. The maximum atomic E-state index is 11.3. The van der Waals surface area contributed by atoms with Crippen molar-refractivity contribution in [2.75, 3.05) is 5.32 Å². The van der Waals surface area contributed by atoms with E-state index in [-0.39, 0.29) is 10.8 Å². The third-order valence-electron chi connectivity index (χ3n) is 3.95. The summed E-state index contributed by atoms with van der Waals surface area (Å²) in [7, 11) is 0. The number of nitro groups is 1. The number of benzene rings is 2. The van der Waals surface area contributed by atoms with Gasteiger partial charge in [0.2, 0.25) is 0 Å². The lowest BCUT2D eigenvalue weighted by atomic mass is 10.2. The Morgan fingerprint density at radius 3 is 2.76 bits per heavy atom. The largest absolute Gasteiger partial charge is 0.331 e. The second-order valence-corrected chi connectivity index (χ2v) is 6.80. The van der Waals surface area contributed by atoms with E-state index in [9.17, 15) is 10.1 Å².